The number of thiophene rings is 1. The minimum absolute atomic E-state index is 0.141. The van der Waals surface area contributed by atoms with E-state index in [1.54, 1.807) is 6.92 Å². The van der Waals surface area contributed by atoms with Crippen LogP contribution < -0.4 is 4.72 Å². The van der Waals surface area contributed by atoms with Gasteiger partial charge in [-0.3, -0.25) is 0 Å². The Labute approximate surface area is 133 Å². The fourth-order valence-electron chi connectivity index (χ4n) is 1.85. The van der Waals surface area contributed by atoms with Gasteiger partial charge in [-0.2, -0.15) is 5.26 Å². The molecule has 0 saturated carbocycles. The minimum atomic E-state index is -3.57. The molecule has 0 amide bonds. The molecule has 2 aromatic rings. The number of sulfonamides is 1. The normalized spacial score (nSPS) is 12.8. The van der Waals surface area contributed by atoms with Crippen LogP contribution in [0.3, 0.4) is 0 Å². The highest BCUT2D eigenvalue weighted by Crippen LogP contribution is 2.23. The van der Waals surface area contributed by atoms with Gasteiger partial charge in [-0.15, -0.1) is 11.3 Å². The molecular weight excluding hydrogens is 320 g/mol. The van der Waals surface area contributed by atoms with E-state index in [1.165, 1.54) is 35.6 Å². The maximum absolute atomic E-state index is 12.1. The third kappa shape index (κ3) is 4.15. The number of aliphatic hydroxyl groups excluding tert-OH is 1. The van der Waals surface area contributed by atoms with Crippen LogP contribution >= 0.6 is 11.3 Å². The summed E-state index contributed by atoms with van der Waals surface area (Å²) in [5, 5.41) is 18.2. The van der Waals surface area contributed by atoms with Gasteiger partial charge in [-0.05, 0) is 49.7 Å². The molecule has 0 fully saturated rings. The van der Waals surface area contributed by atoms with Gasteiger partial charge in [0.2, 0.25) is 10.0 Å². The zero-order valence-electron chi connectivity index (χ0n) is 12.0. The van der Waals surface area contributed by atoms with Crippen molar-refractivity contribution >= 4 is 21.4 Å². The smallest absolute Gasteiger partial charge is 0.240 e. The lowest BCUT2D eigenvalue weighted by Gasteiger charge is -2.06. The third-order valence-electron chi connectivity index (χ3n) is 3.05. The van der Waals surface area contributed by atoms with Crippen LogP contribution in [-0.2, 0) is 16.4 Å². The van der Waals surface area contributed by atoms with E-state index in [2.05, 4.69) is 4.72 Å². The van der Waals surface area contributed by atoms with Gasteiger partial charge < -0.3 is 5.11 Å². The highest BCUT2D eigenvalue weighted by molar-refractivity contribution is 7.89. The fraction of sp³-hybridized carbons (Fsp3) is 0.267. The molecule has 0 aliphatic heterocycles. The molecule has 0 radical (unpaired) electrons. The molecule has 116 valence electrons. The molecule has 22 heavy (non-hydrogen) atoms. The lowest BCUT2D eigenvalue weighted by Crippen LogP contribution is -2.25. The molecule has 1 aromatic heterocycles. The van der Waals surface area contributed by atoms with E-state index in [1.807, 2.05) is 18.2 Å². The summed E-state index contributed by atoms with van der Waals surface area (Å²) in [6.07, 6.45) is 0.0569. The van der Waals surface area contributed by atoms with Crippen LogP contribution in [0.2, 0.25) is 0 Å². The van der Waals surface area contributed by atoms with Gasteiger partial charge in [0.25, 0.3) is 0 Å². The quantitative estimate of drug-likeness (QED) is 0.846. The molecular formula is C15H16N2O3S2. The van der Waals surface area contributed by atoms with E-state index in [-0.39, 0.29) is 11.4 Å². The third-order valence-corrected chi connectivity index (χ3v) is 5.84. The van der Waals surface area contributed by atoms with Gasteiger partial charge in [0.15, 0.2) is 0 Å². The minimum Gasteiger partial charge on any atom is -0.388 e. The Morgan fingerprint density at radius 1 is 1.27 bits per heavy atom. The number of benzene rings is 1. The van der Waals surface area contributed by atoms with Crippen molar-refractivity contribution in [2.24, 2.45) is 0 Å². The molecule has 7 heteroatoms. The number of nitriles is 1. The summed E-state index contributed by atoms with van der Waals surface area (Å²) in [6, 6.07) is 11.5. The first-order valence-corrected chi connectivity index (χ1v) is 8.99. The van der Waals surface area contributed by atoms with Gasteiger partial charge in [0, 0.05) is 16.3 Å². The Bertz CT molecular complexity index is 772. The fourth-order valence-corrected chi connectivity index (χ4v) is 3.84. The first-order chi connectivity index (χ1) is 10.4. The summed E-state index contributed by atoms with van der Waals surface area (Å²) in [4.78, 5) is 2.02. The largest absolute Gasteiger partial charge is 0.388 e. The lowest BCUT2D eigenvalue weighted by molar-refractivity contribution is 0.203. The first-order valence-electron chi connectivity index (χ1n) is 6.69. The number of hydrogen-bond acceptors (Lipinski definition) is 5. The summed E-state index contributed by atoms with van der Waals surface area (Å²) in [5.74, 6) is 0. The maximum Gasteiger partial charge on any atom is 0.240 e. The zero-order chi connectivity index (χ0) is 16.2. The van der Waals surface area contributed by atoms with E-state index < -0.39 is 16.1 Å². The molecule has 0 saturated heterocycles. The average Bonchev–Trinajstić information content (AvgIpc) is 2.96. The summed E-state index contributed by atoms with van der Waals surface area (Å²) in [7, 11) is -3.57. The molecule has 5 nitrogen and oxygen atoms in total. The molecule has 1 atom stereocenters. The van der Waals surface area contributed by atoms with Crippen LogP contribution in [0.25, 0.3) is 0 Å². The lowest BCUT2D eigenvalue weighted by atomic mass is 10.2. The predicted octanol–water partition coefficient (Wildman–Crippen LogP) is 2.19. The zero-order valence-corrected chi connectivity index (χ0v) is 13.6. The van der Waals surface area contributed by atoms with Crippen molar-refractivity contribution in [1.82, 2.24) is 4.72 Å². The SMILES string of the molecule is C[C@@H](O)c1ccc(CCNS(=O)(=O)c2ccc(C#N)cc2)s1. The Balaban J connectivity index is 1.95. The molecule has 0 unspecified atom stereocenters. The van der Waals surface area contributed by atoms with Crippen molar-refractivity contribution in [2.45, 2.75) is 24.3 Å². The Kier molecular flexibility index (Phi) is 5.32. The van der Waals surface area contributed by atoms with E-state index in [4.69, 9.17) is 5.26 Å². The highest BCUT2D eigenvalue weighted by Gasteiger charge is 2.13. The molecule has 2 N–H and O–H groups in total. The number of nitrogens with zero attached hydrogens (tertiary/aromatic N) is 1. The maximum atomic E-state index is 12.1. The van der Waals surface area contributed by atoms with Crippen molar-refractivity contribution in [3.05, 3.63) is 51.7 Å². The van der Waals surface area contributed by atoms with Gasteiger partial charge in [-0.1, -0.05) is 0 Å². The summed E-state index contributed by atoms with van der Waals surface area (Å²) >= 11 is 1.47. The Hall–Kier alpha value is -1.72. The van der Waals surface area contributed by atoms with Crippen molar-refractivity contribution < 1.29 is 13.5 Å². The summed E-state index contributed by atoms with van der Waals surface area (Å²) in [5.41, 5.74) is 0.420. The molecule has 1 aromatic carbocycles. The molecule has 0 bridgehead atoms. The van der Waals surface area contributed by atoms with Crippen molar-refractivity contribution in [1.29, 1.82) is 5.26 Å². The number of aliphatic hydroxyl groups is 1. The van der Waals surface area contributed by atoms with Crippen molar-refractivity contribution in [3.63, 3.8) is 0 Å². The second-order valence-corrected chi connectivity index (χ2v) is 7.73. The van der Waals surface area contributed by atoms with Crippen molar-refractivity contribution in [2.75, 3.05) is 6.54 Å². The first kappa shape index (κ1) is 16.6. The molecule has 2 rings (SSSR count). The van der Waals surface area contributed by atoms with Gasteiger partial charge in [0.1, 0.15) is 0 Å². The molecule has 0 aliphatic rings. The van der Waals surface area contributed by atoms with Gasteiger partial charge in [-0.25, -0.2) is 13.1 Å². The number of hydrogen-bond donors (Lipinski definition) is 2. The van der Waals surface area contributed by atoms with Crippen LogP contribution in [0.4, 0.5) is 0 Å². The van der Waals surface area contributed by atoms with E-state index in [9.17, 15) is 13.5 Å². The second kappa shape index (κ2) is 7.03. The Morgan fingerprint density at radius 2 is 1.95 bits per heavy atom. The van der Waals surface area contributed by atoms with E-state index >= 15 is 0 Å². The predicted molar refractivity (Wildman–Crippen MR) is 85.0 cm³/mol. The average molecular weight is 336 g/mol. The van der Waals surface area contributed by atoms with Crippen LogP contribution in [0, 0.1) is 11.3 Å². The van der Waals surface area contributed by atoms with Crippen molar-refractivity contribution in [3.8, 4) is 6.07 Å². The summed E-state index contributed by atoms with van der Waals surface area (Å²) in [6.45, 7) is 1.98. The van der Waals surface area contributed by atoms with Crippen LogP contribution in [-0.4, -0.2) is 20.1 Å². The molecule has 1 heterocycles. The Morgan fingerprint density at radius 3 is 2.50 bits per heavy atom. The second-order valence-electron chi connectivity index (χ2n) is 4.76. The monoisotopic (exact) mass is 336 g/mol. The highest BCUT2D eigenvalue weighted by atomic mass is 32.2. The van der Waals surface area contributed by atoms with E-state index in [0.717, 1.165) is 9.75 Å². The number of rotatable bonds is 6. The standard InChI is InChI=1S/C15H16N2O3S2/c1-11(18)15-7-4-13(21-15)8-9-17-22(19,20)14-5-2-12(10-16)3-6-14/h2-7,11,17-18H,8-9H2,1H3/t11-/m1/s1. The van der Waals surface area contributed by atoms with E-state index in [0.29, 0.717) is 12.0 Å². The molecule has 0 aliphatic carbocycles. The van der Waals surface area contributed by atoms with Gasteiger partial charge in [0.05, 0.1) is 22.6 Å². The van der Waals surface area contributed by atoms with Gasteiger partial charge >= 0.3 is 0 Å². The van der Waals surface area contributed by atoms with Crippen LogP contribution in [0.5, 0.6) is 0 Å². The van der Waals surface area contributed by atoms with Crippen LogP contribution in [0.15, 0.2) is 41.3 Å². The van der Waals surface area contributed by atoms with Crippen LogP contribution in [0.1, 0.15) is 28.3 Å². The summed E-state index contributed by atoms with van der Waals surface area (Å²) < 4.78 is 26.7. The number of nitrogens with one attached hydrogen (secondary N) is 1. The topological polar surface area (TPSA) is 90.2 Å². The molecule has 0 spiro atoms.